The minimum atomic E-state index is 0. The van der Waals surface area contributed by atoms with E-state index in [1.807, 2.05) is 24.3 Å². The molecule has 0 spiro atoms. The monoisotopic (exact) mass is 542 g/mol. The average molecular weight is 543 g/mol. The Balaban J connectivity index is 0.00000336. The first-order valence-corrected chi connectivity index (χ1v) is 15.8. The second-order valence-electron chi connectivity index (χ2n) is 14.8. The number of carbonyl (C=O) groups is 1. The molecule has 0 heterocycles. The fraction of sp³-hybridized carbons (Fsp3) is 0.794. The Bertz CT molecular complexity index is 946. The summed E-state index contributed by atoms with van der Waals surface area (Å²) in [6, 6.07) is 7.66. The van der Waals surface area contributed by atoms with E-state index in [1.165, 1.54) is 64.2 Å². The van der Waals surface area contributed by atoms with Crippen LogP contribution in [0, 0.1) is 52.3 Å². The summed E-state index contributed by atoms with van der Waals surface area (Å²) in [5.74, 6) is 6.27. The summed E-state index contributed by atoms with van der Waals surface area (Å²) < 4.78 is 0. The number of rotatable bonds is 7. The van der Waals surface area contributed by atoms with Gasteiger partial charge < -0.3 is 11.1 Å². The Hall–Kier alpha value is -1.22. The Morgan fingerprint density at radius 3 is 2.32 bits per heavy atom. The van der Waals surface area contributed by atoms with E-state index < -0.39 is 0 Å². The zero-order valence-corrected chi connectivity index (χ0v) is 25.6. The highest BCUT2D eigenvalue weighted by molar-refractivity contribution is 5.94. The molecular formula is C34H55ClN2O. The Morgan fingerprint density at radius 2 is 1.61 bits per heavy atom. The van der Waals surface area contributed by atoms with Crippen molar-refractivity contribution in [2.75, 3.05) is 5.73 Å². The van der Waals surface area contributed by atoms with Gasteiger partial charge in [0.1, 0.15) is 0 Å². The molecular weight excluding hydrogens is 488 g/mol. The Kier molecular flexibility index (Phi) is 9.17. The third-order valence-corrected chi connectivity index (χ3v) is 12.4. The van der Waals surface area contributed by atoms with Gasteiger partial charge in [0, 0.05) is 17.3 Å². The van der Waals surface area contributed by atoms with E-state index >= 15 is 0 Å². The van der Waals surface area contributed by atoms with Crippen LogP contribution in [0.2, 0.25) is 0 Å². The van der Waals surface area contributed by atoms with Crippen LogP contribution in [0.25, 0.3) is 0 Å². The van der Waals surface area contributed by atoms with Crippen molar-refractivity contribution in [2.24, 2.45) is 52.3 Å². The first-order chi connectivity index (χ1) is 17.6. The minimum Gasteiger partial charge on any atom is -0.399 e. The van der Waals surface area contributed by atoms with Crippen LogP contribution < -0.4 is 11.1 Å². The first-order valence-electron chi connectivity index (χ1n) is 15.8. The number of anilines is 1. The average Bonchev–Trinajstić information content (AvgIpc) is 3.21. The van der Waals surface area contributed by atoms with E-state index in [0.29, 0.717) is 22.6 Å². The third kappa shape index (κ3) is 5.52. The molecule has 4 aliphatic rings. The van der Waals surface area contributed by atoms with Gasteiger partial charge in [0.05, 0.1) is 0 Å². The lowest BCUT2D eigenvalue weighted by Crippen LogP contribution is -2.55. The highest BCUT2D eigenvalue weighted by atomic mass is 35.5. The second-order valence-corrected chi connectivity index (χ2v) is 14.8. The molecule has 1 amide bonds. The van der Waals surface area contributed by atoms with Crippen molar-refractivity contribution in [2.45, 2.75) is 118 Å². The van der Waals surface area contributed by atoms with Gasteiger partial charge in [-0.15, -0.1) is 12.4 Å². The number of fused-ring (bicyclic) bond motifs is 5. The molecule has 5 rings (SSSR count). The predicted octanol–water partition coefficient (Wildman–Crippen LogP) is 8.91. The second kappa shape index (κ2) is 11.7. The summed E-state index contributed by atoms with van der Waals surface area (Å²) in [6.07, 6.45) is 16.5. The standard InChI is InChI=1S/C34H54N2O.ClH/c1-22(2)7-6-8-23(3)29-15-16-30-28-14-11-25-21-27(36-32(37)24-9-12-26(35)13-10-24)17-19-33(25,4)31(28)18-20-34(29,30)5;/h9-10,12-13,22-23,25,27-31H,6-8,11,14-21,35H2,1-5H3,(H,36,37);1H/t23-,25?,27?,28+,29-,30+,31+,33+,34-;/m1./s1. The molecule has 0 aromatic heterocycles. The molecule has 0 saturated heterocycles. The number of amides is 1. The van der Waals surface area contributed by atoms with Crippen molar-refractivity contribution in [1.82, 2.24) is 5.32 Å². The van der Waals surface area contributed by atoms with Crippen molar-refractivity contribution in [3.8, 4) is 0 Å². The zero-order chi connectivity index (χ0) is 26.4. The van der Waals surface area contributed by atoms with E-state index in [9.17, 15) is 4.79 Å². The van der Waals surface area contributed by atoms with Crippen molar-refractivity contribution in [3.63, 3.8) is 0 Å². The van der Waals surface area contributed by atoms with Crippen LogP contribution in [-0.2, 0) is 0 Å². The molecule has 4 heteroatoms. The van der Waals surface area contributed by atoms with Gasteiger partial charge in [0.2, 0.25) is 0 Å². The van der Waals surface area contributed by atoms with Crippen molar-refractivity contribution in [1.29, 1.82) is 0 Å². The van der Waals surface area contributed by atoms with Crippen LogP contribution in [0.3, 0.4) is 0 Å². The van der Waals surface area contributed by atoms with Crippen molar-refractivity contribution in [3.05, 3.63) is 29.8 Å². The number of benzene rings is 1. The van der Waals surface area contributed by atoms with Crippen LogP contribution in [0.5, 0.6) is 0 Å². The fourth-order valence-electron chi connectivity index (χ4n) is 10.3. The fourth-order valence-corrected chi connectivity index (χ4v) is 10.3. The number of hydrogen-bond acceptors (Lipinski definition) is 2. The van der Waals surface area contributed by atoms with Gasteiger partial charge in [0.15, 0.2) is 0 Å². The smallest absolute Gasteiger partial charge is 0.251 e. The van der Waals surface area contributed by atoms with Gasteiger partial charge in [0.25, 0.3) is 5.91 Å². The molecule has 4 aliphatic carbocycles. The number of hydrogen-bond donors (Lipinski definition) is 2. The molecule has 3 N–H and O–H groups in total. The summed E-state index contributed by atoms with van der Waals surface area (Å²) >= 11 is 0. The number of nitrogens with one attached hydrogen (secondary N) is 1. The largest absolute Gasteiger partial charge is 0.399 e. The topological polar surface area (TPSA) is 55.1 Å². The van der Waals surface area contributed by atoms with Crippen LogP contribution >= 0.6 is 12.4 Å². The summed E-state index contributed by atoms with van der Waals surface area (Å²) in [6.45, 7) is 12.7. The highest BCUT2D eigenvalue weighted by Gasteiger charge is 2.60. The molecule has 4 saturated carbocycles. The van der Waals surface area contributed by atoms with E-state index in [-0.39, 0.29) is 18.3 Å². The molecule has 3 nitrogen and oxygen atoms in total. The lowest BCUT2D eigenvalue weighted by atomic mass is 9.44. The summed E-state index contributed by atoms with van der Waals surface area (Å²) in [4.78, 5) is 12.9. The maximum Gasteiger partial charge on any atom is 0.251 e. The summed E-state index contributed by atoms with van der Waals surface area (Å²) in [5.41, 5.74) is 8.29. The summed E-state index contributed by atoms with van der Waals surface area (Å²) in [5, 5.41) is 3.38. The summed E-state index contributed by atoms with van der Waals surface area (Å²) in [7, 11) is 0. The van der Waals surface area contributed by atoms with Crippen LogP contribution in [0.15, 0.2) is 24.3 Å². The molecule has 214 valence electrons. The minimum absolute atomic E-state index is 0. The SMILES string of the molecule is CC(C)CCC[C@@H](C)[C@H]1CC[C@H]2[C@@H]3CCC4CC(NC(=O)c5ccc(N)cc5)CC[C@]4(C)[C@H]3CC[C@]12C.Cl. The number of halogens is 1. The van der Waals surface area contributed by atoms with E-state index in [1.54, 1.807) is 0 Å². The number of nitrogens with two attached hydrogens (primary N) is 1. The highest BCUT2D eigenvalue weighted by Crippen LogP contribution is 2.68. The molecule has 1 aromatic carbocycles. The first kappa shape index (κ1) is 29.8. The number of nitrogen functional groups attached to an aromatic ring is 1. The van der Waals surface area contributed by atoms with E-state index in [0.717, 1.165) is 59.8 Å². The quantitative estimate of drug-likeness (QED) is 0.338. The van der Waals surface area contributed by atoms with E-state index in [4.69, 9.17) is 5.73 Å². The zero-order valence-electron chi connectivity index (χ0n) is 24.8. The molecule has 0 aliphatic heterocycles. The van der Waals surface area contributed by atoms with Crippen LogP contribution in [-0.4, -0.2) is 11.9 Å². The van der Waals surface area contributed by atoms with Gasteiger partial charge in [-0.05, 0) is 134 Å². The Morgan fingerprint density at radius 1 is 0.921 bits per heavy atom. The molecule has 2 unspecified atom stereocenters. The third-order valence-electron chi connectivity index (χ3n) is 12.4. The molecule has 9 atom stereocenters. The van der Waals surface area contributed by atoms with Gasteiger partial charge in [-0.2, -0.15) is 0 Å². The van der Waals surface area contributed by atoms with Gasteiger partial charge in [-0.3, -0.25) is 4.79 Å². The molecule has 38 heavy (non-hydrogen) atoms. The predicted molar refractivity (Wildman–Crippen MR) is 162 cm³/mol. The molecule has 4 fully saturated rings. The lowest BCUT2D eigenvalue weighted by Gasteiger charge is -2.61. The van der Waals surface area contributed by atoms with Gasteiger partial charge >= 0.3 is 0 Å². The van der Waals surface area contributed by atoms with Crippen molar-refractivity contribution < 1.29 is 4.79 Å². The van der Waals surface area contributed by atoms with E-state index in [2.05, 4.69) is 39.9 Å². The maximum atomic E-state index is 12.9. The van der Waals surface area contributed by atoms with Crippen LogP contribution in [0.4, 0.5) is 5.69 Å². The maximum absolute atomic E-state index is 12.9. The Labute approximate surface area is 239 Å². The van der Waals surface area contributed by atoms with Gasteiger partial charge in [-0.1, -0.05) is 53.9 Å². The van der Waals surface area contributed by atoms with Crippen LogP contribution in [0.1, 0.15) is 122 Å². The molecule has 1 aromatic rings. The molecule has 0 radical (unpaired) electrons. The molecule has 0 bridgehead atoms. The van der Waals surface area contributed by atoms with Crippen molar-refractivity contribution >= 4 is 24.0 Å². The normalized spacial score (nSPS) is 38.9. The lowest BCUT2D eigenvalue weighted by molar-refractivity contribution is -0.117. The number of carbonyl (C=O) groups excluding carboxylic acids is 1. The van der Waals surface area contributed by atoms with Gasteiger partial charge in [-0.25, -0.2) is 0 Å².